The lowest BCUT2D eigenvalue weighted by Gasteiger charge is -2.31. The largest absolute Gasteiger partial charge is 0.354 e. The summed E-state index contributed by atoms with van der Waals surface area (Å²) in [7, 11) is -3.88. The summed E-state index contributed by atoms with van der Waals surface area (Å²) in [5.74, 6) is -0.961. The minimum atomic E-state index is -3.88. The van der Waals surface area contributed by atoms with Crippen LogP contribution < -0.4 is 9.62 Å². The van der Waals surface area contributed by atoms with Crippen LogP contribution in [0.4, 0.5) is 5.69 Å². The molecule has 0 radical (unpaired) electrons. The van der Waals surface area contributed by atoms with Crippen molar-refractivity contribution >= 4 is 73.9 Å². The van der Waals surface area contributed by atoms with Crippen LogP contribution in [0.25, 0.3) is 0 Å². The first kappa shape index (κ1) is 28.5. The van der Waals surface area contributed by atoms with Crippen LogP contribution in [-0.2, 0) is 26.2 Å². The molecule has 0 spiro atoms. The Morgan fingerprint density at radius 1 is 0.971 bits per heavy atom. The Morgan fingerprint density at radius 3 is 2.09 bits per heavy atom. The number of anilines is 1. The summed E-state index contributed by atoms with van der Waals surface area (Å²) < 4.78 is 26.0. The van der Waals surface area contributed by atoms with E-state index in [1.807, 2.05) is 6.92 Å². The number of benzene rings is 2. The molecule has 0 saturated heterocycles. The second kappa shape index (κ2) is 12.3. The average molecular weight is 569 g/mol. The number of carbonyl (C=O) groups is 2. The van der Waals surface area contributed by atoms with Gasteiger partial charge < -0.3 is 10.2 Å². The van der Waals surface area contributed by atoms with E-state index in [1.165, 1.54) is 23.1 Å². The van der Waals surface area contributed by atoms with Crippen LogP contribution in [0.5, 0.6) is 0 Å². The summed E-state index contributed by atoms with van der Waals surface area (Å²) in [6.07, 6.45) is 1.70. The van der Waals surface area contributed by atoms with Crippen LogP contribution in [0.2, 0.25) is 20.1 Å². The third-order valence-electron chi connectivity index (χ3n) is 4.92. The van der Waals surface area contributed by atoms with E-state index < -0.39 is 28.5 Å². The smallest absolute Gasteiger partial charge is 0.244 e. The lowest BCUT2D eigenvalue weighted by Crippen LogP contribution is -2.51. The Labute approximate surface area is 220 Å². The zero-order valence-corrected chi connectivity index (χ0v) is 22.7. The predicted octanol–water partition coefficient (Wildman–Crippen LogP) is 5.01. The van der Waals surface area contributed by atoms with Crippen LogP contribution in [-0.4, -0.2) is 50.5 Å². The fraction of sp³-hybridized carbons (Fsp3) is 0.364. The highest BCUT2D eigenvalue weighted by Gasteiger charge is 2.30. The van der Waals surface area contributed by atoms with Gasteiger partial charge in [-0.3, -0.25) is 13.9 Å². The van der Waals surface area contributed by atoms with Crippen LogP contribution in [0.3, 0.4) is 0 Å². The minimum absolute atomic E-state index is 0.00934. The van der Waals surface area contributed by atoms with E-state index >= 15 is 0 Å². The number of rotatable bonds is 10. The van der Waals surface area contributed by atoms with Gasteiger partial charge in [0.05, 0.1) is 32.0 Å². The molecule has 186 valence electrons. The van der Waals surface area contributed by atoms with Crippen molar-refractivity contribution in [2.45, 2.75) is 32.9 Å². The van der Waals surface area contributed by atoms with E-state index in [4.69, 9.17) is 46.4 Å². The van der Waals surface area contributed by atoms with Gasteiger partial charge in [0, 0.05) is 13.1 Å². The molecule has 0 aliphatic rings. The molecular formula is C22H25Cl4N3O4S. The fourth-order valence-corrected chi connectivity index (χ4v) is 4.52. The molecule has 1 atom stereocenters. The number of hydrogen-bond acceptors (Lipinski definition) is 4. The van der Waals surface area contributed by atoms with E-state index in [1.54, 1.807) is 25.1 Å². The number of carbonyl (C=O) groups excluding carboxylic acids is 2. The van der Waals surface area contributed by atoms with Gasteiger partial charge in [0.25, 0.3) is 0 Å². The SMILES string of the molecule is CCCNC(=O)[C@@H](C)N(Cc1ccc(Cl)c(Cl)c1)C(=O)CN(c1ccc(Cl)c(Cl)c1)S(C)(=O)=O. The highest BCUT2D eigenvalue weighted by Crippen LogP contribution is 2.29. The Balaban J connectivity index is 2.41. The van der Waals surface area contributed by atoms with Crippen molar-refractivity contribution < 1.29 is 18.0 Å². The molecule has 7 nitrogen and oxygen atoms in total. The highest BCUT2D eigenvalue weighted by molar-refractivity contribution is 7.92. The van der Waals surface area contributed by atoms with Crippen molar-refractivity contribution in [1.29, 1.82) is 0 Å². The van der Waals surface area contributed by atoms with Crippen LogP contribution in [0.15, 0.2) is 36.4 Å². The summed E-state index contributed by atoms with van der Waals surface area (Å²) in [4.78, 5) is 27.4. The molecule has 2 aromatic rings. The number of nitrogens with zero attached hydrogens (tertiary/aromatic N) is 2. The summed E-state index contributed by atoms with van der Waals surface area (Å²) in [5, 5.41) is 3.78. The van der Waals surface area contributed by atoms with Gasteiger partial charge in [-0.25, -0.2) is 8.42 Å². The van der Waals surface area contributed by atoms with Gasteiger partial charge in [-0.05, 0) is 49.2 Å². The molecule has 2 aromatic carbocycles. The molecule has 0 fully saturated rings. The van der Waals surface area contributed by atoms with Gasteiger partial charge in [-0.1, -0.05) is 59.4 Å². The maximum absolute atomic E-state index is 13.4. The first-order chi connectivity index (χ1) is 15.8. The first-order valence-corrected chi connectivity index (χ1v) is 13.6. The lowest BCUT2D eigenvalue weighted by molar-refractivity contribution is -0.139. The standard InChI is InChI=1S/C22H25Cl4N3O4S/c1-4-9-27-22(31)14(2)28(12-15-5-7-17(23)19(25)10-15)21(30)13-29(34(3,32)33)16-6-8-18(24)20(26)11-16/h5-8,10-11,14H,4,9,12-13H2,1-3H3,(H,27,31)/t14-/m1/s1. The Hall–Kier alpha value is -1.71. The van der Waals surface area contributed by atoms with Gasteiger partial charge in [-0.15, -0.1) is 0 Å². The molecule has 1 N–H and O–H groups in total. The number of amides is 2. The summed E-state index contributed by atoms with van der Waals surface area (Å²) in [5.41, 5.74) is 0.793. The van der Waals surface area contributed by atoms with Crippen molar-refractivity contribution in [2.75, 3.05) is 23.7 Å². The van der Waals surface area contributed by atoms with E-state index in [0.29, 0.717) is 22.2 Å². The Bertz CT molecular complexity index is 1160. The molecule has 0 aromatic heterocycles. The highest BCUT2D eigenvalue weighted by atomic mass is 35.5. The van der Waals surface area contributed by atoms with Crippen molar-refractivity contribution in [2.24, 2.45) is 0 Å². The van der Waals surface area contributed by atoms with Crippen LogP contribution >= 0.6 is 46.4 Å². The monoisotopic (exact) mass is 567 g/mol. The molecular weight excluding hydrogens is 544 g/mol. The van der Waals surface area contributed by atoms with Crippen LogP contribution in [0.1, 0.15) is 25.8 Å². The van der Waals surface area contributed by atoms with Crippen molar-refractivity contribution in [3.05, 3.63) is 62.1 Å². The maximum Gasteiger partial charge on any atom is 0.244 e. The predicted molar refractivity (Wildman–Crippen MR) is 138 cm³/mol. The third-order valence-corrected chi connectivity index (χ3v) is 7.54. The Morgan fingerprint density at radius 2 is 1.56 bits per heavy atom. The first-order valence-electron chi connectivity index (χ1n) is 10.3. The van der Waals surface area contributed by atoms with Gasteiger partial charge >= 0.3 is 0 Å². The molecule has 12 heteroatoms. The second-order valence-electron chi connectivity index (χ2n) is 7.61. The van der Waals surface area contributed by atoms with E-state index in [0.717, 1.165) is 17.0 Å². The van der Waals surface area contributed by atoms with Crippen molar-refractivity contribution in [1.82, 2.24) is 10.2 Å². The zero-order valence-electron chi connectivity index (χ0n) is 18.8. The van der Waals surface area contributed by atoms with Gasteiger partial charge in [0.2, 0.25) is 21.8 Å². The zero-order chi connectivity index (χ0) is 25.6. The van der Waals surface area contributed by atoms with Gasteiger partial charge in [0.15, 0.2) is 0 Å². The molecule has 2 amide bonds. The minimum Gasteiger partial charge on any atom is -0.354 e. The molecule has 0 aliphatic heterocycles. The summed E-state index contributed by atoms with van der Waals surface area (Å²) in [6.45, 7) is 3.38. The second-order valence-corrected chi connectivity index (χ2v) is 11.1. The molecule has 0 aliphatic carbocycles. The van der Waals surface area contributed by atoms with E-state index in [9.17, 15) is 18.0 Å². The topological polar surface area (TPSA) is 86.8 Å². The normalized spacial score (nSPS) is 12.2. The summed E-state index contributed by atoms with van der Waals surface area (Å²) >= 11 is 24.1. The lowest BCUT2D eigenvalue weighted by atomic mass is 10.1. The molecule has 0 heterocycles. The van der Waals surface area contributed by atoms with Crippen molar-refractivity contribution in [3.8, 4) is 0 Å². The molecule has 0 saturated carbocycles. The number of sulfonamides is 1. The summed E-state index contributed by atoms with van der Waals surface area (Å²) in [6, 6.07) is 8.22. The molecule has 34 heavy (non-hydrogen) atoms. The van der Waals surface area contributed by atoms with Gasteiger partial charge in [0.1, 0.15) is 12.6 Å². The van der Waals surface area contributed by atoms with E-state index in [-0.39, 0.29) is 28.2 Å². The molecule has 0 unspecified atom stereocenters. The Kier molecular flexibility index (Phi) is 10.3. The number of nitrogens with one attached hydrogen (secondary N) is 1. The van der Waals surface area contributed by atoms with Crippen LogP contribution in [0, 0.1) is 0 Å². The third kappa shape index (κ3) is 7.65. The molecule has 0 bridgehead atoms. The number of halogens is 4. The molecule has 2 rings (SSSR count). The van der Waals surface area contributed by atoms with Crippen molar-refractivity contribution in [3.63, 3.8) is 0 Å². The fourth-order valence-electron chi connectivity index (χ4n) is 3.07. The van der Waals surface area contributed by atoms with E-state index in [2.05, 4.69) is 5.32 Å². The average Bonchev–Trinajstić information content (AvgIpc) is 2.77. The van der Waals surface area contributed by atoms with Gasteiger partial charge in [-0.2, -0.15) is 0 Å². The quantitative estimate of drug-likeness (QED) is 0.436. The number of hydrogen-bond donors (Lipinski definition) is 1. The maximum atomic E-state index is 13.4.